The first kappa shape index (κ1) is 25.3. The molecular formula is C41H30N2. The summed E-state index contributed by atoms with van der Waals surface area (Å²) in [4.78, 5) is 4.99. The van der Waals surface area contributed by atoms with Crippen molar-refractivity contribution in [1.29, 1.82) is 0 Å². The summed E-state index contributed by atoms with van der Waals surface area (Å²) >= 11 is 0. The molecule has 6 aromatic carbocycles. The number of dihydropyridines is 1. The minimum atomic E-state index is 0.859. The van der Waals surface area contributed by atoms with Crippen LogP contribution in [0, 0.1) is 6.92 Å². The van der Waals surface area contributed by atoms with Crippen LogP contribution in [0.15, 0.2) is 146 Å². The van der Waals surface area contributed by atoms with Crippen LogP contribution >= 0.6 is 0 Å². The molecule has 1 aliphatic rings. The van der Waals surface area contributed by atoms with E-state index in [0.29, 0.717) is 0 Å². The van der Waals surface area contributed by atoms with Crippen molar-refractivity contribution in [2.45, 2.75) is 6.92 Å². The number of benzene rings is 6. The van der Waals surface area contributed by atoms with Crippen LogP contribution in [0.1, 0.15) is 11.3 Å². The maximum absolute atomic E-state index is 4.99. The minimum Gasteiger partial charge on any atom is -0.387 e. The molecule has 0 fully saturated rings. The second-order valence-corrected chi connectivity index (χ2v) is 11.3. The molecule has 7 aromatic rings. The Hall–Kier alpha value is -5.47. The molecule has 204 valence electrons. The summed E-state index contributed by atoms with van der Waals surface area (Å²) in [5.41, 5.74) is 10.6. The second kappa shape index (κ2) is 10.4. The zero-order chi connectivity index (χ0) is 28.8. The quantitative estimate of drug-likeness (QED) is 0.221. The molecule has 0 aliphatic carbocycles. The van der Waals surface area contributed by atoms with Gasteiger partial charge >= 0.3 is 0 Å². The van der Waals surface area contributed by atoms with Gasteiger partial charge in [0.1, 0.15) is 0 Å². The van der Waals surface area contributed by atoms with Gasteiger partial charge in [0, 0.05) is 23.9 Å². The summed E-state index contributed by atoms with van der Waals surface area (Å²) in [5, 5.41) is 10.8. The zero-order valence-corrected chi connectivity index (χ0v) is 24.0. The molecule has 0 atom stereocenters. The Balaban J connectivity index is 1.28. The van der Waals surface area contributed by atoms with E-state index in [4.69, 9.17) is 4.98 Å². The van der Waals surface area contributed by atoms with Gasteiger partial charge in [0.05, 0.1) is 11.4 Å². The van der Waals surface area contributed by atoms with E-state index in [0.717, 1.165) is 29.1 Å². The Morgan fingerprint density at radius 3 is 1.84 bits per heavy atom. The van der Waals surface area contributed by atoms with Crippen LogP contribution in [-0.2, 0) is 0 Å². The Labute approximate surface area is 251 Å². The summed E-state index contributed by atoms with van der Waals surface area (Å²) < 4.78 is 0. The van der Waals surface area contributed by atoms with Gasteiger partial charge in [-0.15, -0.1) is 0 Å². The molecule has 1 aliphatic heterocycles. The lowest BCUT2D eigenvalue weighted by Gasteiger charge is -2.19. The summed E-state index contributed by atoms with van der Waals surface area (Å²) in [5.74, 6) is 0. The van der Waals surface area contributed by atoms with Crippen molar-refractivity contribution in [2.75, 3.05) is 6.54 Å². The zero-order valence-electron chi connectivity index (χ0n) is 24.0. The van der Waals surface area contributed by atoms with Crippen molar-refractivity contribution in [3.63, 3.8) is 0 Å². The van der Waals surface area contributed by atoms with Gasteiger partial charge in [-0.05, 0) is 91.3 Å². The molecule has 2 heterocycles. The highest BCUT2D eigenvalue weighted by Crippen LogP contribution is 2.44. The smallest absolute Gasteiger partial charge is 0.0723 e. The molecule has 0 radical (unpaired) electrons. The average Bonchev–Trinajstić information content (AvgIpc) is 3.07. The predicted molar refractivity (Wildman–Crippen MR) is 183 cm³/mol. The average molecular weight is 551 g/mol. The fourth-order valence-corrected chi connectivity index (χ4v) is 6.53. The molecule has 1 aromatic heterocycles. The maximum atomic E-state index is 4.99. The number of hydrogen-bond acceptors (Lipinski definition) is 2. The molecule has 43 heavy (non-hydrogen) atoms. The molecule has 0 saturated carbocycles. The number of pyridine rings is 1. The van der Waals surface area contributed by atoms with Crippen LogP contribution in [0.3, 0.4) is 0 Å². The van der Waals surface area contributed by atoms with E-state index >= 15 is 0 Å². The molecule has 2 heteroatoms. The Morgan fingerprint density at radius 2 is 1.16 bits per heavy atom. The van der Waals surface area contributed by atoms with Crippen molar-refractivity contribution < 1.29 is 0 Å². The van der Waals surface area contributed by atoms with Gasteiger partial charge in [0.25, 0.3) is 0 Å². The molecule has 0 unspecified atom stereocenters. The van der Waals surface area contributed by atoms with E-state index in [-0.39, 0.29) is 0 Å². The third kappa shape index (κ3) is 4.40. The van der Waals surface area contributed by atoms with Crippen LogP contribution in [0.4, 0.5) is 0 Å². The van der Waals surface area contributed by atoms with Crippen LogP contribution in [-0.4, -0.2) is 11.5 Å². The Kier molecular flexibility index (Phi) is 6.12. The monoisotopic (exact) mass is 550 g/mol. The fraction of sp³-hybridized carbons (Fsp3) is 0.0488. The van der Waals surface area contributed by atoms with Gasteiger partial charge in [-0.2, -0.15) is 0 Å². The topological polar surface area (TPSA) is 24.9 Å². The Bertz CT molecular complexity index is 2200. The van der Waals surface area contributed by atoms with E-state index < -0.39 is 0 Å². The number of nitrogens with one attached hydrogen (secondary N) is 1. The van der Waals surface area contributed by atoms with Gasteiger partial charge in [0.2, 0.25) is 0 Å². The molecular weight excluding hydrogens is 520 g/mol. The Morgan fingerprint density at radius 1 is 0.558 bits per heavy atom. The van der Waals surface area contributed by atoms with E-state index in [1.807, 2.05) is 6.20 Å². The van der Waals surface area contributed by atoms with Crippen molar-refractivity contribution >= 4 is 37.9 Å². The standard InChI is InChI=1S/C41H30N2/c1-27-10-2-3-12-33(27)41-36-15-6-4-13-34(36)40(35-14-5-7-16-37(35)41)31-22-20-28-24-30(21-19-29(28)25-31)38-17-8-18-39(43-38)32-11-9-23-42-26-32/h2-22,24-26,42H,23H2,1H3. The van der Waals surface area contributed by atoms with E-state index in [9.17, 15) is 0 Å². The van der Waals surface area contributed by atoms with Crippen LogP contribution in [0.2, 0.25) is 0 Å². The first-order chi connectivity index (χ1) is 21.2. The highest BCUT2D eigenvalue weighted by atomic mass is 14.8. The molecule has 0 bridgehead atoms. The number of allylic oxidation sites excluding steroid dienone is 2. The first-order valence-corrected chi connectivity index (χ1v) is 14.9. The highest BCUT2D eigenvalue weighted by Gasteiger charge is 2.17. The molecule has 8 rings (SSSR count). The molecule has 0 spiro atoms. The highest BCUT2D eigenvalue weighted by molar-refractivity contribution is 6.22. The van der Waals surface area contributed by atoms with Crippen LogP contribution in [0.5, 0.6) is 0 Å². The van der Waals surface area contributed by atoms with E-state index in [2.05, 4.69) is 152 Å². The SMILES string of the molecule is Cc1ccccc1-c1c2ccccc2c(-c2ccc3cc(-c4cccc(C5=CNCC=C5)n4)ccc3c2)c2ccccc12. The normalized spacial score (nSPS) is 12.9. The number of fused-ring (bicyclic) bond motifs is 3. The number of rotatable bonds is 4. The van der Waals surface area contributed by atoms with Gasteiger partial charge in [0.15, 0.2) is 0 Å². The number of nitrogens with zero attached hydrogens (tertiary/aromatic N) is 1. The predicted octanol–water partition coefficient (Wildman–Crippen LogP) is 10.4. The maximum Gasteiger partial charge on any atom is 0.0723 e. The number of aryl methyl sites for hydroxylation is 1. The van der Waals surface area contributed by atoms with Crippen molar-refractivity contribution in [3.8, 4) is 33.5 Å². The summed E-state index contributed by atoms with van der Waals surface area (Å²) in [6.07, 6.45) is 6.29. The largest absolute Gasteiger partial charge is 0.387 e. The molecule has 0 amide bonds. The lowest BCUT2D eigenvalue weighted by Crippen LogP contribution is -2.09. The molecule has 1 N–H and O–H groups in total. The summed E-state index contributed by atoms with van der Waals surface area (Å²) in [7, 11) is 0. The lowest BCUT2D eigenvalue weighted by molar-refractivity contribution is 0.974. The minimum absolute atomic E-state index is 0.859. The van der Waals surface area contributed by atoms with Gasteiger partial charge in [-0.1, -0.05) is 115 Å². The van der Waals surface area contributed by atoms with Crippen molar-refractivity contribution in [3.05, 3.63) is 157 Å². The van der Waals surface area contributed by atoms with Crippen molar-refractivity contribution in [1.82, 2.24) is 10.3 Å². The second-order valence-electron chi connectivity index (χ2n) is 11.3. The first-order valence-electron chi connectivity index (χ1n) is 14.9. The van der Waals surface area contributed by atoms with Gasteiger partial charge in [-0.25, -0.2) is 4.98 Å². The lowest BCUT2D eigenvalue weighted by atomic mass is 9.84. The van der Waals surface area contributed by atoms with Gasteiger partial charge in [-0.3, -0.25) is 0 Å². The molecule has 2 nitrogen and oxygen atoms in total. The van der Waals surface area contributed by atoms with Crippen molar-refractivity contribution in [2.24, 2.45) is 0 Å². The summed E-state index contributed by atoms with van der Waals surface area (Å²) in [6, 6.07) is 46.3. The van der Waals surface area contributed by atoms with E-state index in [1.54, 1.807) is 0 Å². The number of aromatic nitrogens is 1. The van der Waals surface area contributed by atoms with Crippen LogP contribution < -0.4 is 5.32 Å². The van der Waals surface area contributed by atoms with Gasteiger partial charge < -0.3 is 5.32 Å². The molecule has 0 saturated heterocycles. The van der Waals surface area contributed by atoms with E-state index in [1.165, 1.54) is 60.1 Å². The number of hydrogen-bond donors (Lipinski definition) is 1. The third-order valence-electron chi connectivity index (χ3n) is 8.61. The summed E-state index contributed by atoms with van der Waals surface area (Å²) in [6.45, 7) is 3.07. The third-order valence-corrected chi connectivity index (χ3v) is 8.61. The fourth-order valence-electron chi connectivity index (χ4n) is 6.53. The van der Waals surface area contributed by atoms with Crippen LogP contribution in [0.25, 0.3) is 71.4 Å².